The summed E-state index contributed by atoms with van der Waals surface area (Å²) in [6.07, 6.45) is 2.14. The maximum absolute atomic E-state index is 6.05. The van der Waals surface area contributed by atoms with Crippen LogP contribution < -0.4 is 5.32 Å². The van der Waals surface area contributed by atoms with Crippen LogP contribution in [0, 0.1) is 6.92 Å². The Bertz CT molecular complexity index is 381. The molecule has 1 N–H and O–H groups in total. The van der Waals surface area contributed by atoms with Crippen molar-refractivity contribution in [3.05, 3.63) is 38.8 Å². The van der Waals surface area contributed by atoms with Gasteiger partial charge in [-0.05, 0) is 54.4 Å². The summed E-state index contributed by atoms with van der Waals surface area (Å²) in [6, 6.07) is 3.97. The summed E-state index contributed by atoms with van der Waals surface area (Å²) in [5.41, 5.74) is 3.41. The number of allylic oxidation sites excluding steroid dienone is 1. The van der Waals surface area contributed by atoms with Crippen LogP contribution in [-0.4, -0.2) is 6.54 Å². The lowest BCUT2D eigenvalue weighted by atomic mass is 10.2. The van der Waals surface area contributed by atoms with Crippen LogP contribution in [0.4, 0.5) is 5.69 Å². The van der Waals surface area contributed by atoms with Gasteiger partial charge in [0.1, 0.15) is 0 Å². The molecular weight excluding hydrogens is 273 g/mol. The Morgan fingerprint density at radius 1 is 1.47 bits per heavy atom. The second-order valence-corrected chi connectivity index (χ2v) is 5.01. The van der Waals surface area contributed by atoms with Gasteiger partial charge in [0.15, 0.2) is 0 Å². The molecule has 0 saturated carbocycles. The van der Waals surface area contributed by atoms with Crippen molar-refractivity contribution >= 4 is 33.2 Å². The van der Waals surface area contributed by atoms with E-state index in [1.54, 1.807) is 0 Å². The number of benzene rings is 1. The summed E-state index contributed by atoms with van der Waals surface area (Å²) in [7, 11) is 0. The first kappa shape index (κ1) is 12.6. The fourth-order valence-corrected chi connectivity index (χ4v) is 1.91. The molecule has 0 aliphatic heterocycles. The third-order valence-electron chi connectivity index (χ3n) is 2.05. The Labute approximate surface area is 105 Å². The fraction of sp³-hybridized carbons (Fsp3) is 0.333. The second-order valence-electron chi connectivity index (χ2n) is 3.74. The number of hydrogen-bond acceptors (Lipinski definition) is 1. The van der Waals surface area contributed by atoms with Crippen molar-refractivity contribution in [3.8, 4) is 0 Å². The second kappa shape index (κ2) is 5.57. The van der Waals surface area contributed by atoms with E-state index in [4.69, 9.17) is 11.6 Å². The normalized spacial score (nSPS) is 9.93. The van der Waals surface area contributed by atoms with Crippen LogP contribution in [0.25, 0.3) is 0 Å². The predicted octanol–water partition coefficient (Wildman–Crippen LogP) is 4.79. The standard InChI is InChI=1S/C12H15BrClN/c1-8(2)4-5-15-12-7-11(14)9(3)6-10(12)13/h4,6-7,15H,5H2,1-3H3. The number of halogens is 2. The van der Waals surface area contributed by atoms with Gasteiger partial charge in [-0.25, -0.2) is 0 Å². The Hall–Kier alpha value is -0.470. The highest BCUT2D eigenvalue weighted by Gasteiger charge is 2.02. The monoisotopic (exact) mass is 287 g/mol. The quantitative estimate of drug-likeness (QED) is 0.789. The Balaban J connectivity index is 2.77. The van der Waals surface area contributed by atoms with E-state index in [1.807, 2.05) is 19.1 Å². The van der Waals surface area contributed by atoms with Crippen LogP contribution in [-0.2, 0) is 0 Å². The number of anilines is 1. The summed E-state index contributed by atoms with van der Waals surface area (Å²) in [5.74, 6) is 0. The van der Waals surface area contributed by atoms with Crippen LogP contribution in [0.1, 0.15) is 19.4 Å². The van der Waals surface area contributed by atoms with E-state index in [9.17, 15) is 0 Å². The minimum absolute atomic E-state index is 0.790. The number of aryl methyl sites for hydroxylation is 1. The molecule has 0 amide bonds. The van der Waals surface area contributed by atoms with E-state index < -0.39 is 0 Å². The van der Waals surface area contributed by atoms with Gasteiger partial charge in [0.05, 0.1) is 5.69 Å². The van der Waals surface area contributed by atoms with Gasteiger partial charge in [-0.3, -0.25) is 0 Å². The third-order valence-corrected chi connectivity index (χ3v) is 3.11. The Kier molecular flexibility index (Phi) is 4.68. The SMILES string of the molecule is CC(C)=CCNc1cc(Cl)c(C)cc1Br. The lowest BCUT2D eigenvalue weighted by Gasteiger charge is -2.09. The van der Waals surface area contributed by atoms with Crippen LogP contribution in [0.15, 0.2) is 28.3 Å². The van der Waals surface area contributed by atoms with Gasteiger partial charge in [0.2, 0.25) is 0 Å². The third kappa shape index (κ3) is 3.88. The van der Waals surface area contributed by atoms with E-state index in [-0.39, 0.29) is 0 Å². The van der Waals surface area contributed by atoms with Crippen molar-refractivity contribution in [1.29, 1.82) is 0 Å². The molecule has 82 valence electrons. The summed E-state index contributed by atoms with van der Waals surface area (Å²) in [6.45, 7) is 6.98. The molecule has 0 radical (unpaired) electrons. The number of hydrogen-bond donors (Lipinski definition) is 1. The largest absolute Gasteiger partial charge is 0.381 e. The van der Waals surface area contributed by atoms with Crippen LogP contribution >= 0.6 is 27.5 Å². The average Bonchev–Trinajstić information content (AvgIpc) is 2.13. The number of nitrogens with one attached hydrogen (secondary N) is 1. The zero-order valence-electron chi connectivity index (χ0n) is 9.20. The van der Waals surface area contributed by atoms with E-state index >= 15 is 0 Å². The van der Waals surface area contributed by atoms with Gasteiger partial charge < -0.3 is 5.32 Å². The van der Waals surface area contributed by atoms with Crippen molar-refractivity contribution in [3.63, 3.8) is 0 Å². The van der Waals surface area contributed by atoms with Crippen molar-refractivity contribution in [2.45, 2.75) is 20.8 Å². The molecule has 0 bridgehead atoms. The van der Waals surface area contributed by atoms with Crippen LogP contribution in [0.5, 0.6) is 0 Å². The molecule has 15 heavy (non-hydrogen) atoms. The molecule has 0 heterocycles. The van der Waals surface area contributed by atoms with Gasteiger partial charge in [-0.1, -0.05) is 23.3 Å². The first-order valence-corrected chi connectivity index (χ1v) is 6.00. The van der Waals surface area contributed by atoms with E-state index in [2.05, 4.69) is 41.2 Å². The molecule has 1 rings (SSSR count). The van der Waals surface area contributed by atoms with Crippen LogP contribution in [0.2, 0.25) is 5.02 Å². The van der Waals surface area contributed by atoms with E-state index in [1.165, 1.54) is 5.57 Å². The molecule has 1 aromatic rings. The summed E-state index contributed by atoms with van der Waals surface area (Å²) < 4.78 is 1.05. The first-order chi connectivity index (χ1) is 7.00. The van der Waals surface area contributed by atoms with Crippen molar-refractivity contribution < 1.29 is 0 Å². The van der Waals surface area contributed by atoms with Crippen molar-refractivity contribution in [2.24, 2.45) is 0 Å². The smallest absolute Gasteiger partial charge is 0.0502 e. The highest BCUT2D eigenvalue weighted by molar-refractivity contribution is 9.10. The molecule has 0 atom stereocenters. The van der Waals surface area contributed by atoms with Gasteiger partial charge in [0.25, 0.3) is 0 Å². The molecule has 0 fully saturated rings. The Morgan fingerprint density at radius 2 is 2.13 bits per heavy atom. The highest BCUT2D eigenvalue weighted by Crippen LogP contribution is 2.28. The predicted molar refractivity (Wildman–Crippen MR) is 71.8 cm³/mol. The lowest BCUT2D eigenvalue weighted by Crippen LogP contribution is -1.99. The maximum Gasteiger partial charge on any atom is 0.0502 e. The number of rotatable bonds is 3. The summed E-state index contributed by atoms with van der Waals surface area (Å²) >= 11 is 9.56. The van der Waals surface area contributed by atoms with Crippen molar-refractivity contribution in [2.75, 3.05) is 11.9 Å². The van der Waals surface area contributed by atoms with E-state index in [0.717, 1.165) is 27.3 Å². The minimum Gasteiger partial charge on any atom is -0.381 e. The summed E-state index contributed by atoms with van der Waals surface area (Å²) in [4.78, 5) is 0. The molecule has 0 saturated heterocycles. The van der Waals surface area contributed by atoms with Gasteiger partial charge >= 0.3 is 0 Å². The topological polar surface area (TPSA) is 12.0 Å². The zero-order valence-corrected chi connectivity index (χ0v) is 11.5. The molecule has 0 aliphatic rings. The molecule has 0 aliphatic carbocycles. The lowest BCUT2D eigenvalue weighted by molar-refractivity contribution is 1.25. The first-order valence-electron chi connectivity index (χ1n) is 4.83. The van der Waals surface area contributed by atoms with Gasteiger partial charge in [-0.15, -0.1) is 0 Å². The Morgan fingerprint density at radius 3 is 2.73 bits per heavy atom. The average molecular weight is 289 g/mol. The van der Waals surface area contributed by atoms with Crippen LogP contribution in [0.3, 0.4) is 0 Å². The fourth-order valence-electron chi connectivity index (χ4n) is 1.15. The maximum atomic E-state index is 6.05. The van der Waals surface area contributed by atoms with Crippen molar-refractivity contribution in [1.82, 2.24) is 0 Å². The minimum atomic E-state index is 0.790. The molecule has 0 unspecified atom stereocenters. The van der Waals surface area contributed by atoms with Gasteiger partial charge in [0, 0.05) is 16.0 Å². The summed E-state index contributed by atoms with van der Waals surface area (Å²) in [5, 5.41) is 4.09. The van der Waals surface area contributed by atoms with E-state index in [0.29, 0.717) is 0 Å². The molecule has 1 aromatic carbocycles. The molecule has 3 heteroatoms. The van der Waals surface area contributed by atoms with Gasteiger partial charge in [-0.2, -0.15) is 0 Å². The molecule has 0 aromatic heterocycles. The molecule has 1 nitrogen and oxygen atoms in total. The highest BCUT2D eigenvalue weighted by atomic mass is 79.9. The molecular formula is C12H15BrClN. The molecule has 0 spiro atoms. The zero-order chi connectivity index (χ0) is 11.4.